The Morgan fingerprint density at radius 2 is 2.04 bits per heavy atom. The number of amides is 1. The summed E-state index contributed by atoms with van der Waals surface area (Å²) in [6.07, 6.45) is 5.93. The molecule has 1 unspecified atom stereocenters. The van der Waals surface area contributed by atoms with Crippen LogP contribution < -0.4 is 4.90 Å². The molecular weight excluding hydrogens is 334 g/mol. The summed E-state index contributed by atoms with van der Waals surface area (Å²) in [6, 6.07) is 8.35. The topological polar surface area (TPSA) is 54.3 Å². The van der Waals surface area contributed by atoms with E-state index in [9.17, 15) is 4.79 Å². The number of imidazole rings is 1. The number of benzene rings is 1. The van der Waals surface area contributed by atoms with Crippen LogP contribution >= 0.6 is 11.3 Å². The maximum Gasteiger partial charge on any atom is 0.224 e. The van der Waals surface area contributed by atoms with Gasteiger partial charge in [0.2, 0.25) is 5.91 Å². The Labute approximate surface area is 150 Å². The lowest BCUT2D eigenvalue weighted by Crippen LogP contribution is -2.49. The number of hydrogen-bond donors (Lipinski definition) is 0. The molecule has 1 aromatic carbocycles. The van der Waals surface area contributed by atoms with Crippen molar-refractivity contribution in [1.82, 2.24) is 19.4 Å². The minimum Gasteiger partial charge on any atom is -0.345 e. The van der Waals surface area contributed by atoms with Gasteiger partial charge < -0.3 is 14.4 Å². The number of aromatic nitrogens is 3. The summed E-state index contributed by atoms with van der Waals surface area (Å²) >= 11 is 1.72. The molecule has 25 heavy (non-hydrogen) atoms. The molecule has 3 heterocycles. The van der Waals surface area contributed by atoms with Crippen LogP contribution in [0.1, 0.15) is 19.4 Å². The van der Waals surface area contributed by atoms with Gasteiger partial charge in [0.25, 0.3) is 0 Å². The predicted octanol–water partition coefficient (Wildman–Crippen LogP) is 2.79. The van der Waals surface area contributed by atoms with Crippen LogP contribution in [0.5, 0.6) is 0 Å². The molecule has 0 spiro atoms. The van der Waals surface area contributed by atoms with Crippen LogP contribution in [0.25, 0.3) is 10.2 Å². The molecule has 0 saturated carbocycles. The molecule has 0 N–H and O–H groups in total. The van der Waals surface area contributed by atoms with E-state index in [1.54, 1.807) is 23.9 Å². The summed E-state index contributed by atoms with van der Waals surface area (Å²) in [4.78, 5) is 25.6. The largest absolute Gasteiger partial charge is 0.345 e. The van der Waals surface area contributed by atoms with Crippen molar-refractivity contribution in [2.24, 2.45) is 0 Å². The average molecular weight is 355 g/mol. The molecule has 1 amide bonds. The second-order valence-corrected chi connectivity index (χ2v) is 7.40. The van der Waals surface area contributed by atoms with Crippen molar-refractivity contribution in [2.75, 3.05) is 31.1 Å². The Bertz CT molecular complexity index is 818. The lowest BCUT2D eigenvalue weighted by Gasteiger charge is -2.35. The molecule has 2 aromatic heterocycles. The van der Waals surface area contributed by atoms with E-state index in [0.717, 1.165) is 36.8 Å². The molecular formula is C18H21N5OS. The van der Waals surface area contributed by atoms with Crippen molar-refractivity contribution >= 4 is 32.6 Å². The van der Waals surface area contributed by atoms with Gasteiger partial charge in [-0.25, -0.2) is 9.97 Å². The van der Waals surface area contributed by atoms with Crippen molar-refractivity contribution < 1.29 is 4.79 Å². The molecule has 4 rings (SSSR count). The molecule has 0 radical (unpaired) electrons. The van der Waals surface area contributed by atoms with Gasteiger partial charge in [-0.3, -0.25) is 4.79 Å². The summed E-state index contributed by atoms with van der Waals surface area (Å²) in [5.74, 6) is 0.213. The molecule has 1 fully saturated rings. The minimum atomic E-state index is 0.136. The van der Waals surface area contributed by atoms with Gasteiger partial charge in [0.05, 0.1) is 16.5 Å². The Morgan fingerprint density at radius 1 is 1.24 bits per heavy atom. The second-order valence-electron chi connectivity index (χ2n) is 6.40. The van der Waals surface area contributed by atoms with Crippen LogP contribution in [-0.4, -0.2) is 51.5 Å². The first kappa shape index (κ1) is 16.1. The molecule has 6 nitrogen and oxygen atoms in total. The number of thiazole rings is 1. The van der Waals surface area contributed by atoms with Gasteiger partial charge >= 0.3 is 0 Å². The predicted molar refractivity (Wildman–Crippen MR) is 100.0 cm³/mol. The quantitative estimate of drug-likeness (QED) is 0.722. The van der Waals surface area contributed by atoms with Crippen LogP contribution in [0.15, 0.2) is 43.0 Å². The van der Waals surface area contributed by atoms with Gasteiger partial charge in [-0.15, -0.1) is 0 Å². The van der Waals surface area contributed by atoms with Crippen LogP contribution in [0.3, 0.4) is 0 Å². The highest BCUT2D eigenvalue weighted by Gasteiger charge is 2.24. The summed E-state index contributed by atoms with van der Waals surface area (Å²) < 4.78 is 3.19. The highest BCUT2D eigenvalue weighted by molar-refractivity contribution is 7.22. The normalized spacial score (nSPS) is 16.4. The van der Waals surface area contributed by atoms with Gasteiger partial charge in [-0.05, 0) is 19.1 Å². The first-order valence-corrected chi connectivity index (χ1v) is 9.38. The number of para-hydroxylation sites is 1. The van der Waals surface area contributed by atoms with E-state index in [0.29, 0.717) is 6.42 Å². The van der Waals surface area contributed by atoms with Gasteiger partial charge in [0, 0.05) is 51.0 Å². The number of hydrogen-bond acceptors (Lipinski definition) is 5. The number of fused-ring (bicyclic) bond motifs is 1. The Hall–Kier alpha value is -2.41. The maximum absolute atomic E-state index is 12.5. The average Bonchev–Trinajstić information content (AvgIpc) is 3.31. The third kappa shape index (κ3) is 3.37. The zero-order valence-corrected chi connectivity index (χ0v) is 15.0. The Morgan fingerprint density at radius 3 is 2.76 bits per heavy atom. The third-order valence-corrected chi connectivity index (χ3v) is 5.79. The van der Waals surface area contributed by atoms with Crippen LogP contribution in [0.2, 0.25) is 0 Å². The minimum absolute atomic E-state index is 0.136. The summed E-state index contributed by atoms with van der Waals surface area (Å²) in [5.41, 5.74) is 1.05. The smallest absolute Gasteiger partial charge is 0.224 e. The highest BCUT2D eigenvalue weighted by Crippen LogP contribution is 2.29. The fourth-order valence-electron chi connectivity index (χ4n) is 3.16. The summed E-state index contributed by atoms with van der Waals surface area (Å²) in [7, 11) is 0. The Kier molecular flexibility index (Phi) is 4.40. The fraction of sp³-hybridized carbons (Fsp3) is 0.389. The van der Waals surface area contributed by atoms with E-state index in [1.165, 1.54) is 4.70 Å². The van der Waals surface area contributed by atoms with Crippen molar-refractivity contribution in [1.29, 1.82) is 0 Å². The molecule has 7 heteroatoms. The first-order valence-electron chi connectivity index (χ1n) is 8.56. The number of carbonyl (C=O) groups excluding carboxylic acids is 1. The van der Waals surface area contributed by atoms with E-state index < -0.39 is 0 Å². The van der Waals surface area contributed by atoms with E-state index in [-0.39, 0.29) is 11.9 Å². The van der Waals surface area contributed by atoms with Gasteiger partial charge in [0.15, 0.2) is 5.13 Å². The molecule has 0 aliphatic carbocycles. The monoisotopic (exact) mass is 355 g/mol. The van der Waals surface area contributed by atoms with E-state index >= 15 is 0 Å². The standard InChI is InChI=1S/C18H21N5OS/c1-14(23-7-6-19-13-23)12-17(24)21-8-10-22(11-9-21)18-20-15-4-2-3-5-16(15)25-18/h2-7,13-14H,8-12H2,1H3. The molecule has 1 atom stereocenters. The Balaban J connectivity index is 1.35. The van der Waals surface area contributed by atoms with Crippen molar-refractivity contribution in [3.8, 4) is 0 Å². The number of rotatable bonds is 4. The zero-order valence-electron chi connectivity index (χ0n) is 14.2. The third-order valence-electron chi connectivity index (χ3n) is 4.69. The molecule has 130 valence electrons. The van der Waals surface area contributed by atoms with E-state index in [4.69, 9.17) is 4.98 Å². The zero-order chi connectivity index (χ0) is 17.2. The lowest BCUT2D eigenvalue weighted by atomic mass is 10.2. The number of nitrogens with zero attached hydrogens (tertiary/aromatic N) is 5. The van der Waals surface area contributed by atoms with Crippen LogP contribution in [0.4, 0.5) is 5.13 Å². The van der Waals surface area contributed by atoms with Gasteiger partial charge in [-0.2, -0.15) is 0 Å². The molecule has 3 aromatic rings. The molecule has 0 bridgehead atoms. The van der Waals surface area contributed by atoms with Gasteiger partial charge in [-0.1, -0.05) is 23.5 Å². The number of piperazine rings is 1. The summed E-state index contributed by atoms with van der Waals surface area (Å²) in [6.45, 7) is 5.24. The number of anilines is 1. The van der Waals surface area contributed by atoms with Crippen LogP contribution in [-0.2, 0) is 4.79 Å². The molecule has 1 aliphatic rings. The number of carbonyl (C=O) groups is 1. The molecule has 1 aliphatic heterocycles. The van der Waals surface area contributed by atoms with Crippen molar-refractivity contribution in [3.63, 3.8) is 0 Å². The lowest BCUT2D eigenvalue weighted by molar-refractivity contribution is -0.132. The highest BCUT2D eigenvalue weighted by atomic mass is 32.1. The second kappa shape index (κ2) is 6.84. The van der Waals surface area contributed by atoms with Crippen molar-refractivity contribution in [2.45, 2.75) is 19.4 Å². The van der Waals surface area contributed by atoms with Gasteiger partial charge in [0.1, 0.15) is 0 Å². The first-order chi connectivity index (χ1) is 12.2. The molecule has 1 saturated heterocycles. The van der Waals surface area contributed by atoms with E-state index in [1.807, 2.05) is 33.9 Å². The SMILES string of the molecule is CC(CC(=O)N1CCN(c2nc3ccccc3s2)CC1)n1ccnc1. The maximum atomic E-state index is 12.5. The van der Waals surface area contributed by atoms with Crippen molar-refractivity contribution in [3.05, 3.63) is 43.0 Å². The summed E-state index contributed by atoms with van der Waals surface area (Å²) in [5, 5.41) is 1.06. The van der Waals surface area contributed by atoms with E-state index in [2.05, 4.69) is 22.9 Å². The van der Waals surface area contributed by atoms with Crippen LogP contribution in [0, 0.1) is 0 Å². The fourth-order valence-corrected chi connectivity index (χ4v) is 4.18.